The number of benzene rings is 2. The predicted octanol–water partition coefficient (Wildman–Crippen LogP) is 4.60. The van der Waals surface area contributed by atoms with Crippen molar-refractivity contribution in [3.8, 4) is 5.75 Å². The van der Waals surface area contributed by atoms with Gasteiger partial charge in [-0.05, 0) is 24.3 Å². The topological polar surface area (TPSA) is 64.3 Å². The number of carbonyl (C=O) groups excluding carboxylic acids is 1. The summed E-state index contributed by atoms with van der Waals surface area (Å²) in [5, 5.41) is 3.31. The third-order valence-electron chi connectivity index (χ3n) is 2.75. The van der Waals surface area contributed by atoms with Gasteiger partial charge in [0.25, 0.3) is 5.91 Å². The van der Waals surface area contributed by atoms with E-state index < -0.39 is 5.91 Å². The molecular formula is C14H11BrCl2N2O2. The lowest BCUT2D eigenvalue weighted by Gasteiger charge is -2.12. The van der Waals surface area contributed by atoms with E-state index in [9.17, 15) is 4.79 Å². The van der Waals surface area contributed by atoms with Crippen molar-refractivity contribution in [3.63, 3.8) is 0 Å². The van der Waals surface area contributed by atoms with Crippen molar-refractivity contribution in [1.29, 1.82) is 0 Å². The number of amides is 1. The summed E-state index contributed by atoms with van der Waals surface area (Å²) in [7, 11) is 1.52. The molecule has 2 aromatic carbocycles. The van der Waals surface area contributed by atoms with Crippen molar-refractivity contribution < 1.29 is 9.53 Å². The monoisotopic (exact) mass is 388 g/mol. The van der Waals surface area contributed by atoms with Crippen LogP contribution in [-0.2, 0) is 0 Å². The number of hydrogen-bond acceptors (Lipinski definition) is 3. The first-order valence-electron chi connectivity index (χ1n) is 5.81. The Hall–Kier alpha value is -1.43. The summed E-state index contributed by atoms with van der Waals surface area (Å²) in [6.45, 7) is 0. The lowest BCUT2D eigenvalue weighted by atomic mass is 10.1. The molecule has 0 aliphatic rings. The maximum atomic E-state index is 12.3. The van der Waals surface area contributed by atoms with Gasteiger partial charge < -0.3 is 15.8 Å². The molecule has 1 amide bonds. The standard InChI is InChI=1S/C14H11BrCl2N2O2/c1-21-8-2-3-9(12(18)6-8)14(20)19-13-10(16)4-7(15)5-11(13)17/h2-6H,18H2,1H3,(H,19,20). The molecule has 7 heteroatoms. The maximum Gasteiger partial charge on any atom is 0.257 e. The summed E-state index contributed by atoms with van der Waals surface area (Å²) in [5.41, 5.74) is 6.79. The molecule has 0 spiro atoms. The fourth-order valence-electron chi connectivity index (χ4n) is 1.72. The summed E-state index contributed by atoms with van der Waals surface area (Å²) in [5.74, 6) is 0.171. The van der Waals surface area contributed by atoms with E-state index in [4.69, 9.17) is 33.7 Å². The van der Waals surface area contributed by atoms with Crippen LogP contribution in [-0.4, -0.2) is 13.0 Å². The number of nitrogens with one attached hydrogen (secondary N) is 1. The van der Waals surface area contributed by atoms with Crippen LogP contribution in [0.1, 0.15) is 10.4 Å². The van der Waals surface area contributed by atoms with Crippen LogP contribution in [0.15, 0.2) is 34.8 Å². The summed E-state index contributed by atoms with van der Waals surface area (Å²) >= 11 is 15.4. The molecule has 0 saturated carbocycles. The van der Waals surface area contributed by atoms with Gasteiger partial charge in [-0.1, -0.05) is 39.1 Å². The third kappa shape index (κ3) is 3.61. The van der Waals surface area contributed by atoms with Crippen molar-refractivity contribution >= 4 is 56.4 Å². The first kappa shape index (κ1) is 15.9. The highest BCUT2D eigenvalue weighted by atomic mass is 79.9. The van der Waals surface area contributed by atoms with Gasteiger partial charge in [0.15, 0.2) is 0 Å². The average Bonchev–Trinajstić information content (AvgIpc) is 2.42. The molecule has 21 heavy (non-hydrogen) atoms. The molecule has 2 rings (SSSR count). The van der Waals surface area contributed by atoms with E-state index in [0.717, 1.165) is 4.47 Å². The number of nitrogen functional groups attached to an aromatic ring is 1. The van der Waals surface area contributed by atoms with E-state index in [2.05, 4.69) is 21.2 Å². The zero-order valence-electron chi connectivity index (χ0n) is 10.9. The second-order valence-corrected chi connectivity index (χ2v) is 5.88. The largest absolute Gasteiger partial charge is 0.497 e. The second-order valence-electron chi connectivity index (χ2n) is 4.15. The fraction of sp³-hybridized carbons (Fsp3) is 0.0714. The molecule has 0 fully saturated rings. The van der Waals surface area contributed by atoms with Crippen molar-refractivity contribution in [2.45, 2.75) is 0 Å². The van der Waals surface area contributed by atoms with E-state index in [1.165, 1.54) is 7.11 Å². The molecule has 0 aliphatic carbocycles. The molecule has 0 aliphatic heterocycles. The SMILES string of the molecule is COc1ccc(C(=O)Nc2c(Cl)cc(Br)cc2Cl)c(N)c1. The Balaban J connectivity index is 2.30. The molecule has 0 atom stereocenters. The van der Waals surface area contributed by atoms with Crippen LogP contribution in [0.2, 0.25) is 10.0 Å². The van der Waals surface area contributed by atoms with E-state index in [1.54, 1.807) is 30.3 Å². The number of carbonyl (C=O) groups is 1. The fourth-order valence-corrected chi connectivity index (χ4v) is 3.02. The Morgan fingerprint density at radius 3 is 2.38 bits per heavy atom. The van der Waals surface area contributed by atoms with E-state index in [-0.39, 0.29) is 0 Å². The Kier molecular flexibility index (Phi) is 4.98. The zero-order chi connectivity index (χ0) is 15.6. The smallest absolute Gasteiger partial charge is 0.257 e. The normalized spacial score (nSPS) is 10.3. The van der Waals surface area contributed by atoms with Gasteiger partial charge in [0.05, 0.1) is 28.4 Å². The van der Waals surface area contributed by atoms with Gasteiger partial charge in [-0.3, -0.25) is 4.79 Å². The number of anilines is 2. The molecule has 2 aromatic rings. The van der Waals surface area contributed by atoms with Crippen molar-refractivity contribution in [2.75, 3.05) is 18.2 Å². The van der Waals surface area contributed by atoms with Crippen LogP contribution < -0.4 is 15.8 Å². The Morgan fingerprint density at radius 2 is 1.86 bits per heavy atom. The van der Waals surface area contributed by atoms with Gasteiger partial charge in [0, 0.05) is 16.2 Å². The first-order valence-corrected chi connectivity index (χ1v) is 7.36. The molecule has 0 unspecified atom stereocenters. The lowest BCUT2D eigenvalue weighted by Crippen LogP contribution is -2.14. The molecule has 4 nitrogen and oxygen atoms in total. The molecule has 0 heterocycles. The minimum atomic E-state index is -0.402. The van der Waals surface area contributed by atoms with Crippen LogP contribution in [0.5, 0.6) is 5.75 Å². The predicted molar refractivity (Wildman–Crippen MR) is 89.5 cm³/mol. The van der Waals surface area contributed by atoms with Gasteiger partial charge in [0.2, 0.25) is 0 Å². The van der Waals surface area contributed by atoms with Gasteiger partial charge in [0.1, 0.15) is 5.75 Å². The molecule has 0 radical (unpaired) electrons. The van der Waals surface area contributed by atoms with Crippen LogP contribution in [0.3, 0.4) is 0 Å². The van der Waals surface area contributed by atoms with Crippen LogP contribution in [0.4, 0.5) is 11.4 Å². The summed E-state index contributed by atoms with van der Waals surface area (Å²) in [4.78, 5) is 12.3. The molecule has 0 saturated heterocycles. The van der Waals surface area contributed by atoms with Crippen LogP contribution in [0.25, 0.3) is 0 Å². The van der Waals surface area contributed by atoms with Gasteiger partial charge in [-0.15, -0.1) is 0 Å². The number of rotatable bonds is 3. The summed E-state index contributed by atoms with van der Waals surface area (Å²) < 4.78 is 5.76. The molecule has 0 bridgehead atoms. The Labute approximate surface area is 140 Å². The highest BCUT2D eigenvalue weighted by Crippen LogP contribution is 2.34. The van der Waals surface area contributed by atoms with Crippen molar-refractivity contribution in [3.05, 3.63) is 50.4 Å². The van der Waals surface area contributed by atoms with Gasteiger partial charge in [-0.2, -0.15) is 0 Å². The van der Waals surface area contributed by atoms with Crippen LogP contribution >= 0.6 is 39.1 Å². The Bertz CT molecular complexity index is 684. The quantitative estimate of drug-likeness (QED) is 0.754. The number of ether oxygens (including phenoxy) is 1. The number of hydrogen-bond donors (Lipinski definition) is 2. The summed E-state index contributed by atoms with van der Waals surface area (Å²) in [6, 6.07) is 8.07. The van der Waals surface area contributed by atoms with Crippen LogP contribution in [0, 0.1) is 0 Å². The maximum absolute atomic E-state index is 12.3. The molecular weight excluding hydrogens is 379 g/mol. The van der Waals surface area contributed by atoms with Crippen molar-refractivity contribution in [2.24, 2.45) is 0 Å². The number of nitrogens with two attached hydrogens (primary N) is 1. The Morgan fingerprint density at radius 1 is 1.24 bits per heavy atom. The van der Waals surface area contributed by atoms with Gasteiger partial charge >= 0.3 is 0 Å². The van der Waals surface area contributed by atoms with Gasteiger partial charge in [-0.25, -0.2) is 0 Å². The number of halogens is 3. The van der Waals surface area contributed by atoms with E-state index in [0.29, 0.717) is 32.7 Å². The van der Waals surface area contributed by atoms with E-state index >= 15 is 0 Å². The minimum Gasteiger partial charge on any atom is -0.497 e. The highest BCUT2D eigenvalue weighted by Gasteiger charge is 2.15. The van der Waals surface area contributed by atoms with E-state index in [1.807, 2.05) is 0 Å². The third-order valence-corrected chi connectivity index (χ3v) is 3.80. The second kappa shape index (κ2) is 6.56. The number of methoxy groups -OCH3 is 1. The van der Waals surface area contributed by atoms with Crippen molar-refractivity contribution in [1.82, 2.24) is 0 Å². The molecule has 110 valence electrons. The zero-order valence-corrected chi connectivity index (χ0v) is 14.0. The highest BCUT2D eigenvalue weighted by molar-refractivity contribution is 9.10. The minimum absolute atomic E-state index is 0.302. The molecule has 3 N–H and O–H groups in total. The first-order chi connectivity index (χ1) is 9.92. The lowest BCUT2D eigenvalue weighted by molar-refractivity contribution is 0.102. The molecule has 0 aromatic heterocycles. The summed E-state index contributed by atoms with van der Waals surface area (Å²) in [6.07, 6.45) is 0. The average molecular weight is 390 g/mol.